The van der Waals surface area contributed by atoms with Crippen LogP contribution in [0.4, 0.5) is 0 Å². The quantitative estimate of drug-likeness (QED) is 0.753. The molecule has 3 aromatic rings. The number of likely N-dealkylation sites (tertiary alicyclic amines) is 1. The van der Waals surface area contributed by atoms with E-state index >= 15 is 0 Å². The normalized spacial score (nSPS) is 22.1. The molecule has 0 unspecified atom stereocenters. The van der Waals surface area contributed by atoms with Gasteiger partial charge >= 0.3 is 0 Å². The summed E-state index contributed by atoms with van der Waals surface area (Å²) in [4.78, 5) is 19.9. The first-order valence-corrected chi connectivity index (χ1v) is 9.21. The third-order valence-electron chi connectivity index (χ3n) is 5.47. The van der Waals surface area contributed by atoms with Crippen molar-refractivity contribution in [1.29, 1.82) is 0 Å². The van der Waals surface area contributed by atoms with Crippen molar-refractivity contribution in [3.8, 4) is 11.5 Å². The molecule has 1 amide bonds. The molecule has 5 rings (SSSR count). The number of nitrogens with one attached hydrogen (secondary N) is 1. The molecule has 1 N–H and O–H groups in total. The summed E-state index contributed by atoms with van der Waals surface area (Å²) in [6.45, 7) is 3.60. The maximum absolute atomic E-state index is 13.3. The molecule has 2 aromatic heterocycles. The van der Waals surface area contributed by atoms with Gasteiger partial charge in [0.2, 0.25) is 0 Å². The first-order valence-electron chi connectivity index (χ1n) is 8.84. The van der Waals surface area contributed by atoms with Crippen molar-refractivity contribution in [2.45, 2.75) is 0 Å². The number of hydrogen-bond donors (Lipinski definition) is 1. The van der Waals surface area contributed by atoms with Crippen LogP contribution >= 0.6 is 11.6 Å². The average molecular weight is 368 g/mol. The number of para-hydroxylation sites is 1. The van der Waals surface area contributed by atoms with E-state index in [9.17, 15) is 4.79 Å². The van der Waals surface area contributed by atoms with Crippen LogP contribution in [0.15, 0.2) is 47.1 Å². The minimum absolute atomic E-state index is 0.0434. The van der Waals surface area contributed by atoms with E-state index in [2.05, 4.69) is 10.3 Å². The van der Waals surface area contributed by atoms with Gasteiger partial charge in [-0.05, 0) is 36.1 Å². The summed E-state index contributed by atoms with van der Waals surface area (Å²) in [6.07, 6.45) is 1.60. The SMILES string of the molecule is O=C(c1cc(-c2ccco2)nc2c(Cl)cccc12)N1C[C@H]2CNC[C@H]2C1. The van der Waals surface area contributed by atoms with Crippen molar-refractivity contribution < 1.29 is 9.21 Å². The van der Waals surface area contributed by atoms with E-state index in [-0.39, 0.29) is 5.91 Å². The molecule has 0 saturated carbocycles. The summed E-state index contributed by atoms with van der Waals surface area (Å²) in [7, 11) is 0. The number of furan rings is 1. The lowest BCUT2D eigenvalue weighted by atomic mass is 10.0. The molecule has 4 heterocycles. The highest BCUT2D eigenvalue weighted by Crippen LogP contribution is 2.32. The number of carbonyl (C=O) groups excluding carboxylic acids is 1. The zero-order valence-corrected chi connectivity index (χ0v) is 14.9. The molecule has 6 heteroatoms. The van der Waals surface area contributed by atoms with Gasteiger partial charge in [-0.1, -0.05) is 23.7 Å². The number of pyridine rings is 1. The standard InChI is InChI=1S/C20H18ClN3O2/c21-16-4-1-3-14-15(7-17(23-19(14)16)18-5-2-6-26-18)20(25)24-10-12-8-22-9-13(12)11-24/h1-7,12-13,22H,8-11H2/t12-,13+. The van der Waals surface area contributed by atoms with Crippen LogP contribution in [-0.2, 0) is 0 Å². The van der Waals surface area contributed by atoms with Crippen LogP contribution in [0.25, 0.3) is 22.4 Å². The molecule has 2 saturated heterocycles. The molecular weight excluding hydrogens is 350 g/mol. The van der Waals surface area contributed by atoms with E-state index < -0.39 is 0 Å². The number of nitrogens with zero attached hydrogens (tertiary/aromatic N) is 2. The van der Waals surface area contributed by atoms with Gasteiger partial charge in [-0.2, -0.15) is 0 Å². The van der Waals surface area contributed by atoms with Crippen LogP contribution in [0, 0.1) is 11.8 Å². The number of halogens is 1. The highest BCUT2D eigenvalue weighted by atomic mass is 35.5. The van der Waals surface area contributed by atoms with Crippen LogP contribution in [0.3, 0.4) is 0 Å². The molecule has 0 spiro atoms. The summed E-state index contributed by atoms with van der Waals surface area (Å²) >= 11 is 6.38. The first kappa shape index (κ1) is 15.9. The van der Waals surface area contributed by atoms with Crippen molar-refractivity contribution in [3.63, 3.8) is 0 Å². The van der Waals surface area contributed by atoms with Crippen molar-refractivity contribution in [3.05, 3.63) is 53.2 Å². The lowest BCUT2D eigenvalue weighted by molar-refractivity contribution is 0.0783. The van der Waals surface area contributed by atoms with Gasteiger partial charge in [0.05, 0.1) is 22.4 Å². The fourth-order valence-corrected chi connectivity index (χ4v) is 4.35. The van der Waals surface area contributed by atoms with Gasteiger partial charge in [0.1, 0.15) is 5.69 Å². The molecule has 132 valence electrons. The third kappa shape index (κ3) is 2.50. The number of hydrogen-bond acceptors (Lipinski definition) is 4. The van der Waals surface area contributed by atoms with Crippen molar-refractivity contribution in [2.75, 3.05) is 26.2 Å². The second-order valence-corrected chi connectivity index (χ2v) is 7.46. The van der Waals surface area contributed by atoms with Crippen molar-refractivity contribution in [2.24, 2.45) is 11.8 Å². The maximum atomic E-state index is 13.3. The van der Waals surface area contributed by atoms with Gasteiger partial charge in [-0.15, -0.1) is 0 Å². The van der Waals surface area contributed by atoms with Gasteiger partial charge in [-0.25, -0.2) is 4.98 Å². The maximum Gasteiger partial charge on any atom is 0.254 e. The molecule has 0 bridgehead atoms. The Bertz CT molecular complexity index is 974. The molecule has 0 radical (unpaired) electrons. The summed E-state index contributed by atoms with van der Waals surface area (Å²) < 4.78 is 5.49. The van der Waals surface area contributed by atoms with Gasteiger partial charge in [0.25, 0.3) is 5.91 Å². The Morgan fingerprint density at radius 2 is 2.00 bits per heavy atom. The Hall–Kier alpha value is -2.37. The number of fused-ring (bicyclic) bond motifs is 2. The van der Waals surface area contributed by atoms with Crippen LogP contribution < -0.4 is 5.32 Å². The Labute approximate surface area is 156 Å². The first-order chi connectivity index (χ1) is 12.7. The molecule has 1 aromatic carbocycles. The highest BCUT2D eigenvalue weighted by Gasteiger charge is 2.38. The Balaban J connectivity index is 1.62. The zero-order chi connectivity index (χ0) is 17.7. The van der Waals surface area contributed by atoms with Crippen LogP contribution in [0.1, 0.15) is 10.4 Å². The van der Waals surface area contributed by atoms with E-state index in [0.29, 0.717) is 39.4 Å². The summed E-state index contributed by atoms with van der Waals surface area (Å²) in [5.74, 6) is 1.78. The third-order valence-corrected chi connectivity index (χ3v) is 5.78. The second kappa shape index (κ2) is 6.11. The van der Waals surface area contributed by atoms with E-state index in [0.717, 1.165) is 31.6 Å². The molecular formula is C20H18ClN3O2. The highest BCUT2D eigenvalue weighted by molar-refractivity contribution is 6.35. The largest absolute Gasteiger partial charge is 0.463 e. The fourth-order valence-electron chi connectivity index (χ4n) is 4.13. The lowest BCUT2D eigenvalue weighted by Crippen LogP contribution is -2.32. The topological polar surface area (TPSA) is 58.4 Å². The smallest absolute Gasteiger partial charge is 0.254 e. The molecule has 2 fully saturated rings. The summed E-state index contributed by atoms with van der Waals surface area (Å²) in [5.41, 5.74) is 1.89. The molecule has 26 heavy (non-hydrogen) atoms. The van der Waals surface area contributed by atoms with E-state index in [1.165, 1.54) is 0 Å². The second-order valence-electron chi connectivity index (χ2n) is 7.06. The van der Waals surface area contributed by atoms with Crippen molar-refractivity contribution in [1.82, 2.24) is 15.2 Å². The van der Waals surface area contributed by atoms with Crippen molar-refractivity contribution >= 4 is 28.4 Å². The minimum atomic E-state index is 0.0434. The van der Waals surface area contributed by atoms with Gasteiger partial charge in [-0.3, -0.25) is 4.79 Å². The molecule has 2 atom stereocenters. The van der Waals surface area contributed by atoms with Crippen LogP contribution in [-0.4, -0.2) is 42.0 Å². The van der Waals surface area contributed by atoms with Crippen LogP contribution in [0.2, 0.25) is 5.02 Å². The summed E-state index contributed by atoms with van der Waals surface area (Å²) in [6, 6.07) is 11.0. The fraction of sp³-hybridized carbons (Fsp3) is 0.300. The molecule has 0 aliphatic carbocycles. The Kier molecular flexibility index (Phi) is 3.72. The number of benzene rings is 1. The van der Waals surface area contributed by atoms with E-state index in [4.69, 9.17) is 16.0 Å². The molecule has 5 nitrogen and oxygen atoms in total. The molecule has 2 aliphatic rings. The van der Waals surface area contributed by atoms with E-state index in [1.807, 2.05) is 35.2 Å². The number of amides is 1. The van der Waals surface area contributed by atoms with E-state index in [1.54, 1.807) is 12.3 Å². The van der Waals surface area contributed by atoms with Crippen LogP contribution in [0.5, 0.6) is 0 Å². The number of aromatic nitrogens is 1. The minimum Gasteiger partial charge on any atom is -0.463 e. The zero-order valence-electron chi connectivity index (χ0n) is 14.1. The average Bonchev–Trinajstić information content (AvgIpc) is 3.37. The lowest BCUT2D eigenvalue weighted by Gasteiger charge is -2.19. The number of carbonyl (C=O) groups is 1. The Morgan fingerprint density at radius 3 is 2.73 bits per heavy atom. The van der Waals surface area contributed by atoms with Gasteiger partial charge in [0, 0.05) is 31.6 Å². The predicted octanol–water partition coefficient (Wildman–Crippen LogP) is 3.44. The van der Waals surface area contributed by atoms with Gasteiger partial charge in [0.15, 0.2) is 5.76 Å². The Morgan fingerprint density at radius 1 is 1.19 bits per heavy atom. The van der Waals surface area contributed by atoms with Gasteiger partial charge < -0.3 is 14.6 Å². The monoisotopic (exact) mass is 367 g/mol. The summed E-state index contributed by atoms with van der Waals surface area (Å²) in [5, 5.41) is 4.73. The molecule has 2 aliphatic heterocycles. The predicted molar refractivity (Wildman–Crippen MR) is 100 cm³/mol. The number of rotatable bonds is 2.